The predicted molar refractivity (Wildman–Crippen MR) is 109 cm³/mol. The highest BCUT2D eigenvalue weighted by Gasteiger charge is 2.42. The molecule has 30 heavy (non-hydrogen) atoms. The van der Waals surface area contributed by atoms with Crippen molar-refractivity contribution in [2.75, 3.05) is 0 Å². The second-order valence-corrected chi connectivity index (χ2v) is 8.01. The fourth-order valence-corrected chi connectivity index (χ4v) is 4.51. The van der Waals surface area contributed by atoms with Gasteiger partial charge >= 0.3 is 13.7 Å². The van der Waals surface area contributed by atoms with Crippen LogP contribution in [0.2, 0.25) is 0 Å². The molecule has 0 bridgehead atoms. The summed E-state index contributed by atoms with van der Waals surface area (Å²) in [7, 11) is -4.25. The quantitative estimate of drug-likeness (QED) is 0.286. The third-order valence-corrected chi connectivity index (χ3v) is 5.94. The lowest BCUT2D eigenvalue weighted by Gasteiger charge is -2.27. The number of nitro benzene ring substituents is 1. The SMILES string of the molecule is O=C(O)NC(c1ccc([N+](=O)[O-])cc1)P(=O)(Oc1ccccc1)Oc1ccccc1. The van der Waals surface area contributed by atoms with Gasteiger partial charge in [-0.3, -0.25) is 10.1 Å². The van der Waals surface area contributed by atoms with Gasteiger partial charge in [0.05, 0.1) is 4.92 Å². The van der Waals surface area contributed by atoms with E-state index in [4.69, 9.17) is 9.05 Å². The molecule has 0 aliphatic carbocycles. The Hall–Kier alpha value is -3.84. The normalized spacial score (nSPS) is 11.9. The second-order valence-electron chi connectivity index (χ2n) is 6.05. The maximum Gasteiger partial charge on any atom is 0.457 e. The summed E-state index contributed by atoms with van der Waals surface area (Å²) in [6, 6.07) is 21.3. The van der Waals surface area contributed by atoms with Crippen LogP contribution in [0.5, 0.6) is 11.5 Å². The van der Waals surface area contributed by atoms with Crippen molar-refractivity contribution >= 4 is 19.4 Å². The van der Waals surface area contributed by atoms with Crippen LogP contribution in [0.3, 0.4) is 0 Å². The Morgan fingerprint density at radius 1 is 0.900 bits per heavy atom. The number of benzene rings is 3. The summed E-state index contributed by atoms with van der Waals surface area (Å²) >= 11 is 0. The van der Waals surface area contributed by atoms with E-state index in [1.807, 2.05) is 0 Å². The van der Waals surface area contributed by atoms with Gasteiger partial charge in [-0.15, -0.1) is 0 Å². The van der Waals surface area contributed by atoms with E-state index in [1.54, 1.807) is 60.7 Å². The number of rotatable bonds is 8. The van der Waals surface area contributed by atoms with Crippen LogP contribution in [0.25, 0.3) is 0 Å². The van der Waals surface area contributed by atoms with E-state index in [0.29, 0.717) is 0 Å². The number of non-ortho nitro benzene ring substituents is 1. The van der Waals surface area contributed by atoms with Crippen molar-refractivity contribution in [2.24, 2.45) is 0 Å². The smallest absolute Gasteiger partial charge is 0.457 e. The molecule has 0 radical (unpaired) electrons. The highest BCUT2D eigenvalue weighted by molar-refractivity contribution is 7.55. The summed E-state index contributed by atoms with van der Waals surface area (Å²) in [6.45, 7) is 0. The standard InChI is InChI=1S/C20H17N2O7P/c23-20(24)21-19(15-11-13-16(14-12-15)22(25)26)30(27,28-17-7-3-1-4-8-17)29-18-9-5-2-6-10-18/h1-14,19,21H,(H,23,24). The third-order valence-electron chi connectivity index (χ3n) is 3.95. The molecule has 0 saturated heterocycles. The number of carboxylic acid groups (broad SMARTS) is 1. The Morgan fingerprint density at radius 3 is 1.77 bits per heavy atom. The molecule has 3 rings (SSSR count). The first kappa shape index (κ1) is 20.9. The molecule has 3 aromatic carbocycles. The van der Waals surface area contributed by atoms with Gasteiger partial charge in [0.2, 0.25) is 0 Å². The summed E-state index contributed by atoms with van der Waals surface area (Å²) in [5.41, 5.74) is -0.0196. The molecule has 3 aromatic rings. The average molecular weight is 428 g/mol. The Morgan fingerprint density at radius 2 is 1.37 bits per heavy atom. The van der Waals surface area contributed by atoms with Gasteiger partial charge in [-0.25, -0.2) is 9.36 Å². The van der Waals surface area contributed by atoms with Gasteiger partial charge < -0.3 is 19.5 Å². The molecule has 0 aromatic heterocycles. The van der Waals surface area contributed by atoms with Crippen molar-refractivity contribution in [3.8, 4) is 11.5 Å². The highest BCUT2D eigenvalue weighted by Crippen LogP contribution is 2.59. The number of amides is 1. The second kappa shape index (κ2) is 9.11. The fourth-order valence-electron chi connectivity index (χ4n) is 2.62. The summed E-state index contributed by atoms with van der Waals surface area (Å²) in [4.78, 5) is 21.8. The van der Waals surface area contributed by atoms with Gasteiger partial charge in [0, 0.05) is 12.1 Å². The molecule has 2 N–H and O–H groups in total. The summed E-state index contributed by atoms with van der Waals surface area (Å²) in [5.74, 6) is -1.04. The van der Waals surface area contributed by atoms with Crippen LogP contribution in [-0.4, -0.2) is 16.1 Å². The van der Waals surface area contributed by atoms with Crippen molar-refractivity contribution in [1.29, 1.82) is 0 Å². The number of nitro groups is 1. The van der Waals surface area contributed by atoms with Crippen molar-refractivity contribution in [2.45, 2.75) is 5.78 Å². The predicted octanol–water partition coefficient (Wildman–Crippen LogP) is 5.21. The van der Waals surface area contributed by atoms with Crippen LogP contribution in [0.4, 0.5) is 10.5 Å². The number of nitrogens with zero attached hydrogens (tertiary/aromatic N) is 1. The summed E-state index contributed by atoms with van der Waals surface area (Å²) in [6.07, 6.45) is -1.47. The minimum atomic E-state index is -4.25. The van der Waals surface area contributed by atoms with Crippen molar-refractivity contribution in [3.63, 3.8) is 0 Å². The van der Waals surface area contributed by atoms with E-state index in [2.05, 4.69) is 5.32 Å². The first-order valence-electron chi connectivity index (χ1n) is 8.70. The van der Waals surface area contributed by atoms with Gasteiger partial charge in [-0.05, 0) is 42.0 Å². The average Bonchev–Trinajstić information content (AvgIpc) is 2.73. The highest BCUT2D eigenvalue weighted by atomic mass is 31.2. The van der Waals surface area contributed by atoms with Crippen LogP contribution in [-0.2, 0) is 4.57 Å². The molecule has 1 amide bonds. The van der Waals surface area contributed by atoms with Crippen LogP contribution < -0.4 is 14.4 Å². The molecule has 9 nitrogen and oxygen atoms in total. The van der Waals surface area contributed by atoms with Gasteiger partial charge in [0.25, 0.3) is 5.69 Å². The van der Waals surface area contributed by atoms with E-state index in [-0.39, 0.29) is 22.7 Å². The molecular formula is C20H17N2O7P. The van der Waals surface area contributed by atoms with Gasteiger partial charge in [-0.2, -0.15) is 0 Å². The zero-order valence-electron chi connectivity index (χ0n) is 15.5. The number of hydrogen-bond acceptors (Lipinski definition) is 6. The first-order chi connectivity index (χ1) is 14.4. The number of carbonyl (C=O) groups is 1. The maximum absolute atomic E-state index is 13.9. The monoisotopic (exact) mass is 428 g/mol. The lowest BCUT2D eigenvalue weighted by molar-refractivity contribution is -0.384. The van der Waals surface area contributed by atoms with Crippen molar-refractivity contribution in [1.82, 2.24) is 5.32 Å². The van der Waals surface area contributed by atoms with Crippen LogP contribution >= 0.6 is 7.60 Å². The van der Waals surface area contributed by atoms with Crippen molar-refractivity contribution < 1.29 is 28.4 Å². The Balaban J connectivity index is 2.06. The molecule has 0 fully saturated rings. The van der Waals surface area contributed by atoms with Gasteiger partial charge in [0.1, 0.15) is 11.5 Å². The minimum Gasteiger partial charge on any atom is -0.465 e. The zero-order chi connectivity index (χ0) is 21.6. The molecule has 0 saturated carbocycles. The van der Waals surface area contributed by atoms with Gasteiger partial charge in [-0.1, -0.05) is 36.4 Å². The van der Waals surface area contributed by atoms with Crippen molar-refractivity contribution in [3.05, 3.63) is 101 Å². The summed E-state index contributed by atoms with van der Waals surface area (Å²) in [5, 5.41) is 22.4. The number of nitrogens with one attached hydrogen (secondary N) is 1. The minimum absolute atomic E-state index is 0.179. The van der Waals surface area contributed by atoms with E-state index < -0.39 is 24.4 Å². The largest absolute Gasteiger partial charge is 0.465 e. The Labute approximate surface area is 171 Å². The first-order valence-corrected chi connectivity index (χ1v) is 10.3. The summed E-state index contributed by atoms with van der Waals surface area (Å²) < 4.78 is 25.3. The van der Waals surface area contributed by atoms with E-state index in [0.717, 1.165) is 0 Å². The lowest BCUT2D eigenvalue weighted by atomic mass is 10.2. The van der Waals surface area contributed by atoms with Crippen LogP contribution in [0.15, 0.2) is 84.9 Å². The molecule has 0 aliphatic heterocycles. The zero-order valence-corrected chi connectivity index (χ0v) is 16.3. The molecule has 1 unspecified atom stereocenters. The topological polar surface area (TPSA) is 128 Å². The lowest BCUT2D eigenvalue weighted by Crippen LogP contribution is -2.29. The maximum atomic E-state index is 13.9. The van der Waals surface area contributed by atoms with Crippen LogP contribution in [0.1, 0.15) is 11.3 Å². The number of hydrogen-bond donors (Lipinski definition) is 2. The van der Waals surface area contributed by atoms with Gasteiger partial charge in [0.15, 0.2) is 5.78 Å². The third kappa shape index (κ3) is 5.15. The molecule has 0 spiro atoms. The molecule has 0 heterocycles. The molecule has 1 atom stereocenters. The van der Waals surface area contributed by atoms with E-state index in [9.17, 15) is 24.6 Å². The number of para-hydroxylation sites is 2. The molecule has 154 valence electrons. The van der Waals surface area contributed by atoms with Crippen LogP contribution in [0, 0.1) is 10.1 Å². The molecule has 10 heteroatoms. The molecule has 0 aliphatic rings. The Kier molecular flexibility index (Phi) is 6.34. The fraction of sp³-hybridized carbons (Fsp3) is 0.0500. The van der Waals surface area contributed by atoms with E-state index >= 15 is 0 Å². The Bertz CT molecular complexity index is 1010. The van der Waals surface area contributed by atoms with E-state index in [1.165, 1.54) is 24.3 Å². The molecular weight excluding hydrogens is 411 g/mol.